The molecule has 31 rings (SSSR count). The Hall–Kier alpha value is -18.4. The third-order valence-corrected chi connectivity index (χ3v) is 30.5. The SMILES string of the molecule is Brc1ccc2[nH]cc(-c3nc4c5cc(I)ccc5c5ccccc5c4[nH]3)c2c1.O=[N+]([O-])c1ccc2c3ccccc3c3[nH]c(-c4c[nH]c5ccc(Br)cc45)nc3c2c1.O=[N+]([O-])c1ccc2c3ccccc3c3[nH]c(-c4c[nH]c5ccc(Br)cc45)nc3c2c1.O=[N+]([O-])c1ccc2c3ccccc3c3[nH]c(-c4c[nH]c5ccccc45)nc3c2c1.c1ccc(-c2[nH]c3ccccc3c2-c2nc3c4ccccc4c4ccccc4c3[nH]2)cc1. The number of aromatic amines is 10. The molecule has 0 aliphatic carbocycles. The molecule has 31 aromatic rings. The summed E-state index contributed by atoms with van der Waals surface area (Å²) in [5.41, 5.74) is 21.8. The van der Waals surface area contributed by atoms with Crippen molar-refractivity contribution in [3.63, 3.8) is 0 Å². The van der Waals surface area contributed by atoms with Gasteiger partial charge in [0.15, 0.2) is 0 Å². The molecule has 0 spiro atoms. The van der Waals surface area contributed by atoms with Crippen LogP contribution in [-0.4, -0.2) is 89.5 Å². The Morgan fingerprint density at radius 2 is 0.483 bits per heavy atom. The number of hydrogen-bond acceptors (Lipinski definition) is 11. The van der Waals surface area contributed by atoms with Gasteiger partial charge >= 0.3 is 0 Å². The van der Waals surface area contributed by atoms with Crippen LogP contribution in [0.25, 0.3) is 286 Å². The van der Waals surface area contributed by atoms with Crippen molar-refractivity contribution in [1.29, 1.82) is 0 Å². The van der Waals surface area contributed by atoms with Crippen LogP contribution in [0.1, 0.15) is 0 Å². The van der Waals surface area contributed by atoms with Gasteiger partial charge in [0.1, 0.15) is 29.1 Å². The predicted molar refractivity (Wildman–Crippen MR) is 623 cm³/mol. The molecule has 0 fully saturated rings. The van der Waals surface area contributed by atoms with E-state index in [-0.39, 0.29) is 31.8 Å². The number of nitrogens with one attached hydrogen (secondary N) is 10. The molecule has 0 unspecified atom stereocenters. The van der Waals surface area contributed by atoms with E-state index in [2.05, 4.69) is 296 Å². The van der Waals surface area contributed by atoms with Crippen LogP contribution in [0.15, 0.2) is 390 Å². The lowest BCUT2D eigenvalue weighted by molar-refractivity contribution is -0.384. The Morgan fingerprint density at radius 3 is 0.846 bits per heavy atom. The fourth-order valence-corrected chi connectivity index (χ4v) is 23.1. The van der Waals surface area contributed by atoms with Gasteiger partial charge in [0.25, 0.3) is 17.1 Å². The molecule has 24 nitrogen and oxygen atoms in total. The van der Waals surface area contributed by atoms with Crippen LogP contribution in [0.2, 0.25) is 0 Å². The number of aromatic nitrogens is 15. The van der Waals surface area contributed by atoms with Gasteiger partial charge in [-0.3, -0.25) is 30.3 Å². The highest BCUT2D eigenvalue weighted by Gasteiger charge is 2.27. The molecule has 0 atom stereocenters. The average molecular weight is 2240 g/mol. The Morgan fingerprint density at radius 1 is 0.221 bits per heavy atom. The maximum Gasteiger partial charge on any atom is 0.270 e. The number of benzene rings is 21. The molecule has 10 heterocycles. The summed E-state index contributed by atoms with van der Waals surface area (Å²) in [6.07, 6.45) is 7.83. The number of para-hydroxylation sites is 2. The molecule has 28 heteroatoms. The minimum atomic E-state index is -0.370. The first kappa shape index (κ1) is 89.5. The van der Waals surface area contributed by atoms with Crippen molar-refractivity contribution in [2.75, 3.05) is 0 Å². The van der Waals surface area contributed by atoms with E-state index in [0.717, 1.165) is 251 Å². The minimum Gasteiger partial charge on any atom is -0.360 e. The van der Waals surface area contributed by atoms with Crippen molar-refractivity contribution >= 4 is 305 Å². The summed E-state index contributed by atoms with van der Waals surface area (Å²) >= 11 is 13.0. The van der Waals surface area contributed by atoms with Crippen molar-refractivity contribution in [2.24, 2.45) is 0 Å². The van der Waals surface area contributed by atoms with Gasteiger partial charge in [-0.05, 0) is 179 Å². The lowest BCUT2D eigenvalue weighted by atomic mass is 9.99. The molecular weight excluding hydrogens is 2170 g/mol. The van der Waals surface area contributed by atoms with Gasteiger partial charge in [-0.1, -0.05) is 266 Å². The van der Waals surface area contributed by atoms with Crippen LogP contribution in [0.5, 0.6) is 0 Å². The highest BCUT2D eigenvalue weighted by atomic mass is 127. The van der Waals surface area contributed by atoms with Crippen molar-refractivity contribution in [3.8, 4) is 68.2 Å². The van der Waals surface area contributed by atoms with E-state index < -0.39 is 0 Å². The van der Waals surface area contributed by atoms with E-state index in [9.17, 15) is 30.3 Å². The standard InChI is InChI=1S/C29H19N3.C23H13BrIN3.2C23H13BrN4O2.C23H14N4O2/c1-2-10-18(11-3-1)26-25(23-16-8-9-17-24(23)30-26)29-31-27-21-14-6-4-12-19(21)20-13-5-7-15-22(20)28(27)32-29;24-12-5-8-20-17(9-12)19(11-26-20)23-27-21-16-4-2-1-3-14(16)15-7-6-13(25)10-18(15)22(21)28-23;2*24-12-5-8-20-17(9-12)19(11-25-20)23-26-21-16-4-2-1-3-14(16)15-7-6-13(28(29)30)10-18(15)22(21)27-23;28-27(29)13-9-10-15-14-5-1-2-7-17(14)21-22(18(15)11-13)26-23(25-21)19-12-24-20-8-4-3-6-16(19)20/h1-17,30H,(H,31,32);1-11,26H,(H,27,28);2*1-11,25H,(H,26,27);1-12,24H,(H,25,26). The van der Waals surface area contributed by atoms with Gasteiger partial charge < -0.3 is 49.8 Å². The summed E-state index contributed by atoms with van der Waals surface area (Å²) < 4.78 is 4.24. The lowest BCUT2D eigenvalue weighted by Crippen LogP contribution is -1.88. The predicted octanol–water partition coefficient (Wildman–Crippen LogP) is 34.4. The van der Waals surface area contributed by atoms with E-state index in [4.69, 9.17) is 24.9 Å². The van der Waals surface area contributed by atoms with Crippen molar-refractivity contribution < 1.29 is 14.8 Å². The van der Waals surface area contributed by atoms with Crippen LogP contribution >= 0.6 is 70.4 Å². The highest BCUT2D eigenvalue weighted by molar-refractivity contribution is 14.1. The summed E-state index contributed by atoms with van der Waals surface area (Å²) in [7, 11) is 0. The number of nitro groups is 3. The minimum absolute atomic E-state index is 0.0552. The molecule has 0 amide bonds. The van der Waals surface area contributed by atoms with E-state index >= 15 is 0 Å². The Balaban J connectivity index is 0.0000000918. The Kier molecular flexibility index (Phi) is 21.5. The third-order valence-electron chi connectivity index (χ3n) is 28.3. The number of non-ortho nitro benzene ring substituents is 3. The molecule has 10 N–H and O–H groups in total. The summed E-state index contributed by atoms with van der Waals surface area (Å²) in [4.78, 5) is 92.6. The summed E-state index contributed by atoms with van der Waals surface area (Å²) in [6.45, 7) is 0. The summed E-state index contributed by atoms with van der Waals surface area (Å²) in [6, 6.07) is 117. The first-order chi connectivity index (χ1) is 73.0. The molecule has 0 radical (unpaired) electrons. The van der Waals surface area contributed by atoms with Gasteiger partial charge in [0, 0.05) is 209 Å². The van der Waals surface area contributed by atoms with E-state index in [1.807, 2.05) is 164 Å². The lowest BCUT2D eigenvalue weighted by Gasteiger charge is -2.06. The maximum absolute atomic E-state index is 11.4. The van der Waals surface area contributed by atoms with Crippen molar-refractivity contribution in [2.45, 2.75) is 0 Å². The van der Waals surface area contributed by atoms with Gasteiger partial charge in [-0.15, -0.1) is 0 Å². The first-order valence-corrected chi connectivity index (χ1v) is 51.2. The molecule has 21 aromatic carbocycles. The number of imidazole rings is 5. The topological polar surface area (TPSA) is 352 Å². The Bertz CT molecular complexity index is 10800. The second-order valence-electron chi connectivity index (χ2n) is 36.7. The summed E-state index contributed by atoms with van der Waals surface area (Å²) in [5.74, 6) is 3.95. The fraction of sp³-hybridized carbons (Fsp3) is 0. The number of rotatable bonds is 9. The van der Waals surface area contributed by atoms with Gasteiger partial charge in [-0.2, -0.15) is 0 Å². The van der Waals surface area contributed by atoms with Crippen molar-refractivity contribution in [1.82, 2.24) is 74.8 Å². The molecule has 0 aliphatic rings. The normalized spacial score (nSPS) is 11.8. The van der Waals surface area contributed by atoms with Crippen LogP contribution in [-0.2, 0) is 0 Å². The van der Waals surface area contributed by atoms with Crippen LogP contribution < -0.4 is 0 Å². The third kappa shape index (κ3) is 15.2. The first-order valence-electron chi connectivity index (χ1n) is 47.8. The number of fused-ring (bicyclic) bond motifs is 35. The van der Waals surface area contributed by atoms with E-state index in [1.54, 1.807) is 36.4 Å². The smallest absolute Gasteiger partial charge is 0.270 e. The fourth-order valence-electron chi connectivity index (χ4n) is 21.6. The number of hydrogen-bond donors (Lipinski definition) is 10. The van der Waals surface area contributed by atoms with E-state index in [0.29, 0.717) is 0 Å². The second-order valence-corrected chi connectivity index (χ2v) is 40.7. The number of nitrogens with zero attached hydrogens (tertiary/aromatic N) is 8. The molecule has 710 valence electrons. The number of nitro benzene ring substituents is 3. The van der Waals surface area contributed by atoms with Crippen LogP contribution in [0.3, 0.4) is 0 Å². The zero-order valence-electron chi connectivity index (χ0n) is 77.8. The molecule has 10 aromatic heterocycles. The van der Waals surface area contributed by atoms with Crippen molar-refractivity contribution in [3.05, 3.63) is 424 Å². The molecule has 0 aliphatic heterocycles. The Labute approximate surface area is 879 Å². The monoisotopic (exact) mass is 2240 g/mol. The molecule has 0 saturated carbocycles. The number of halogens is 4. The second kappa shape index (κ2) is 35.8. The molecular formula is C121H72Br3IN18O6. The maximum atomic E-state index is 11.4. The van der Waals surface area contributed by atoms with Crippen LogP contribution in [0.4, 0.5) is 17.1 Å². The average Bonchev–Trinajstić information content (AvgIpc) is 1.43. The molecule has 149 heavy (non-hydrogen) atoms. The van der Waals surface area contributed by atoms with Gasteiger partial charge in [0.05, 0.1) is 81.2 Å². The zero-order valence-corrected chi connectivity index (χ0v) is 84.8. The van der Waals surface area contributed by atoms with E-state index in [1.165, 1.54) is 52.0 Å². The highest BCUT2D eigenvalue weighted by Crippen LogP contribution is 2.48. The number of H-pyrrole nitrogens is 10. The largest absolute Gasteiger partial charge is 0.360 e. The quantitative estimate of drug-likeness (QED) is 0.0280. The zero-order chi connectivity index (χ0) is 100. The van der Waals surface area contributed by atoms with Gasteiger partial charge in [0.2, 0.25) is 0 Å². The van der Waals surface area contributed by atoms with Gasteiger partial charge in [-0.25, -0.2) is 24.9 Å². The summed E-state index contributed by atoms with van der Waals surface area (Å²) in [5, 5.41) is 60.7. The molecule has 0 saturated heterocycles. The van der Waals surface area contributed by atoms with Crippen LogP contribution in [0, 0.1) is 33.9 Å². The molecule has 0 bridgehead atoms.